The van der Waals surface area contributed by atoms with Crippen LogP contribution >= 0.6 is 0 Å². The maximum atomic E-state index is 12.5. The fraction of sp³-hybridized carbons (Fsp3) is 0.917. The molecular weight excluding hydrogens is 973 g/mol. The molecule has 4 saturated heterocycles. The summed E-state index contributed by atoms with van der Waals surface area (Å²) < 4.78 is 179. The molecular formula is C24H40N2O33S4. The number of rotatable bonds is 18. The lowest BCUT2D eigenvalue weighted by atomic mass is 9.94. The van der Waals surface area contributed by atoms with Gasteiger partial charge in [0.1, 0.15) is 73.1 Å². The summed E-state index contributed by atoms with van der Waals surface area (Å²) in [6, 6.07) is -4.95. The van der Waals surface area contributed by atoms with Crippen molar-refractivity contribution in [3.63, 3.8) is 0 Å². The molecule has 63 heavy (non-hydrogen) atoms. The first-order chi connectivity index (χ1) is 28.8. The topological polar surface area (TPSA) is 561 Å². The molecule has 20 atom stereocenters. The number of carboxylic acid groups (broad SMARTS) is 2. The summed E-state index contributed by atoms with van der Waals surface area (Å²) in [5, 5.41) is 104. The largest absolute Gasteiger partial charge is 0.479 e. The van der Waals surface area contributed by atoms with Gasteiger partial charge in [0.25, 0.3) is 0 Å². The van der Waals surface area contributed by atoms with Gasteiger partial charge >= 0.3 is 53.3 Å². The fourth-order valence-electron chi connectivity index (χ4n) is 6.57. The Bertz CT molecular complexity index is 2060. The van der Waals surface area contributed by atoms with Crippen molar-refractivity contribution in [2.24, 2.45) is 0 Å². The summed E-state index contributed by atoms with van der Waals surface area (Å²) in [7, 11) is -22.4. The van der Waals surface area contributed by atoms with Gasteiger partial charge in [-0.15, -0.1) is 0 Å². The van der Waals surface area contributed by atoms with Crippen LogP contribution in [0.3, 0.4) is 0 Å². The molecule has 4 aliphatic heterocycles. The Labute approximate surface area is 352 Å². The second-order valence-corrected chi connectivity index (χ2v) is 17.9. The van der Waals surface area contributed by atoms with Gasteiger partial charge in [0.15, 0.2) is 49.6 Å². The molecule has 0 aromatic carbocycles. The van der Waals surface area contributed by atoms with E-state index in [1.807, 2.05) is 0 Å². The predicted octanol–water partition coefficient (Wildman–Crippen LogP) is -11.1. The first-order valence-electron chi connectivity index (χ1n) is 16.9. The molecule has 368 valence electrons. The Morgan fingerprint density at radius 1 is 0.476 bits per heavy atom. The van der Waals surface area contributed by atoms with Crippen LogP contribution in [0.15, 0.2) is 0 Å². The SMILES string of the molecule is O=C(O)[C@H]1O[C@@H](O[C@H]2[C@H](O)[C@@H](NS(=O)(=O)O)[C@@H](O[C@H]3[C@H](O)[C@@H](OS(=O)(=O)O)[C@H](O)O[C@H]3C(=O)O)O[C@@H]2CO)[C@H](OS(=O)(=O)O)[C@@H](O)[C@@H]1O[C@H]1O[C@H](CO)[C@@H](O)[C@H](O)[C@H]1NS(=O)(=O)O. The van der Waals surface area contributed by atoms with Crippen LogP contribution in [0.5, 0.6) is 0 Å². The third-order valence-corrected chi connectivity index (χ3v) is 11.3. The van der Waals surface area contributed by atoms with Crippen LogP contribution in [0.4, 0.5) is 0 Å². The van der Waals surface area contributed by atoms with Crippen LogP contribution in [-0.2, 0) is 92.5 Å². The number of aliphatic hydroxyl groups is 8. The Kier molecular flexibility index (Phi) is 17.3. The van der Waals surface area contributed by atoms with E-state index in [0.717, 1.165) is 0 Å². The van der Waals surface area contributed by atoms with Gasteiger partial charge in [-0.25, -0.2) is 18.0 Å². The lowest BCUT2D eigenvalue weighted by Gasteiger charge is -2.49. The second-order valence-electron chi connectivity index (χ2n) is 13.5. The first-order valence-corrected chi connectivity index (χ1v) is 22.5. The van der Waals surface area contributed by atoms with Gasteiger partial charge in [0, 0.05) is 0 Å². The number of aliphatic carboxylic acids is 2. The third kappa shape index (κ3) is 13.5. The van der Waals surface area contributed by atoms with E-state index in [1.54, 1.807) is 0 Å². The Hall–Kier alpha value is -2.18. The Balaban J connectivity index is 1.72. The van der Waals surface area contributed by atoms with Crippen LogP contribution < -0.4 is 9.44 Å². The zero-order valence-electron chi connectivity index (χ0n) is 30.6. The van der Waals surface area contributed by atoms with Crippen LogP contribution in [0.1, 0.15) is 0 Å². The number of carbonyl (C=O) groups is 2. The van der Waals surface area contributed by atoms with Crippen molar-refractivity contribution in [2.75, 3.05) is 13.2 Å². The average Bonchev–Trinajstić information content (AvgIpc) is 3.13. The van der Waals surface area contributed by atoms with Gasteiger partial charge in [-0.2, -0.15) is 43.1 Å². The zero-order chi connectivity index (χ0) is 47.9. The van der Waals surface area contributed by atoms with Crippen LogP contribution in [-0.4, -0.2) is 251 Å². The van der Waals surface area contributed by atoms with Gasteiger partial charge in [0.05, 0.1) is 13.2 Å². The molecule has 16 N–H and O–H groups in total. The molecule has 39 heteroatoms. The van der Waals surface area contributed by atoms with E-state index in [0.29, 0.717) is 0 Å². The molecule has 0 aromatic rings. The number of nitrogens with one attached hydrogen (secondary N) is 2. The highest BCUT2D eigenvalue weighted by Crippen LogP contribution is 2.36. The zero-order valence-corrected chi connectivity index (χ0v) is 33.9. The minimum Gasteiger partial charge on any atom is -0.479 e. The highest BCUT2D eigenvalue weighted by Gasteiger charge is 2.59. The van der Waals surface area contributed by atoms with E-state index in [1.165, 1.54) is 9.44 Å². The first kappa shape index (κ1) is 53.4. The van der Waals surface area contributed by atoms with Gasteiger partial charge in [-0.1, -0.05) is 0 Å². The van der Waals surface area contributed by atoms with Crippen molar-refractivity contribution in [1.29, 1.82) is 0 Å². The van der Waals surface area contributed by atoms with Gasteiger partial charge in [-0.3, -0.25) is 18.2 Å². The van der Waals surface area contributed by atoms with Crippen molar-refractivity contribution in [2.45, 2.75) is 123 Å². The average molecular weight is 1010 g/mol. The monoisotopic (exact) mass is 1010 g/mol. The number of ether oxygens (including phenoxy) is 7. The van der Waals surface area contributed by atoms with Crippen molar-refractivity contribution in [3.05, 3.63) is 0 Å². The van der Waals surface area contributed by atoms with E-state index in [2.05, 4.69) is 13.1 Å². The molecule has 0 radical (unpaired) electrons. The lowest BCUT2D eigenvalue weighted by molar-refractivity contribution is -0.367. The summed E-state index contributed by atoms with van der Waals surface area (Å²) in [4.78, 5) is 24.5. The molecule has 0 bridgehead atoms. The molecule has 0 amide bonds. The van der Waals surface area contributed by atoms with Crippen molar-refractivity contribution in [1.82, 2.24) is 9.44 Å². The molecule has 0 unspecified atom stereocenters. The van der Waals surface area contributed by atoms with Crippen molar-refractivity contribution >= 4 is 53.3 Å². The minimum atomic E-state index is -5.86. The second kappa shape index (κ2) is 20.4. The van der Waals surface area contributed by atoms with Crippen LogP contribution in [0, 0.1) is 0 Å². The van der Waals surface area contributed by atoms with E-state index < -0.39 is 189 Å². The fourth-order valence-corrected chi connectivity index (χ4v) is 8.74. The van der Waals surface area contributed by atoms with Gasteiger partial charge < -0.3 is 84.2 Å². The molecule has 0 saturated carbocycles. The van der Waals surface area contributed by atoms with Crippen molar-refractivity contribution in [3.8, 4) is 0 Å². The normalized spacial score (nSPS) is 42.1. The summed E-state index contributed by atoms with van der Waals surface area (Å²) in [5.41, 5.74) is 0. The quantitative estimate of drug-likeness (QED) is 0.0567. The molecule has 4 rings (SSSR count). The lowest BCUT2D eigenvalue weighted by Crippen LogP contribution is -2.70. The number of hydrogen-bond acceptors (Lipinski definition) is 27. The molecule has 0 aromatic heterocycles. The van der Waals surface area contributed by atoms with E-state index in [9.17, 15) is 108 Å². The van der Waals surface area contributed by atoms with E-state index in [-0.39, 0.29) is 0 Å². The van der Waals surface area contributed by atoms with Crippen LogP contribution in [0.2, 0.25) is 0 Å². The van der Waals surface area contributed by atoms with Gasteiger partial charge in [0.2, 0.25) is 0 Å². The highest BCUT2D eigenvalue weighted by atomic mass is 32.3. The Morgan fingerprint density at radius 2 is 0.873 bits per heavy atom. The molecule has 4 fully saturated rings. The summed E-state index contributed by atoms with van der Waals surface area (Å²) in [6.07, 6.45) is -46.0. The van der Waals surface area contributed by atoms with E-state index >= 15 is 0 Å². The molecule has 4 aliphatic rings. The van der Waals surface area contributed by atoms with Crippen LogP contribution in [0.25, 0.3) is 0 Å². The molecule has 35 nitrogen and oxygen atoms in total. The standard InChI is InChI=1S/C24H40N2O33S4/c27-1-3-7(29)8(30)5(25-60(39,40)41)22(51-3)56-14-11(33)16(59-63(48,49)50)24(57-18(14)20(36)37)54-12-4(2-28)52-23(6(9(12)31)26-61(42,43)44)55-13-10(32)15(58-62(45,46)47)21(38)53-17(13)19(34)35/h3-18,21-33,38H,1-2H2,(H,34,35)(H,36,37)(H,39,40,41)(H,42,43,44)(H,45,46,47)(H,48,49,50)/t3-,4-,5-,6-,7-,8-,9-,10+,11+,12-,13+,14+,15-,16-,17-,18+,21-,22-,23-,24-/m1/s1. The van der Waals surface area contributed by atoms with E-state index in [4.69, 9.17) is 33.0 Å². The predicted molar refractivity (Wildman–Crippen MR) is 181 cm³/mol. The smallest absolute Gasteiger partial charge is 0.397 e. The number of aliphatic hydroxyl groups excluding tert-OH is 8. The molecule has 0 spiro atoms. The Morgan fingerprint density at radius 3 is 1.30 bits per heavy atom. The number of carboxylic acids is 2. The summed E-state index contributed by atoms with van der Waals surface area (Å²) >= 11 is 0. The molecule has 0 aliphatic carbocycles. The van der Waals surface area contributed by atoms with Crippen molar-refractivity contribution < 1.29 is 154 Å². The summed E-state index contributed by atoms with van der Waals surface area (Å²) in [6.45, 7) is -2.61. The minimum absolute atomic E-state index is 1.16. The number of hydrogen-bond donors (Lipinski definition) is 16. The molecule has 4 heterocycles. The maximum Gasteiger partial charge on any atom is 0.397 e. The summed E-state index contributed by atoms with van der Waals surface area (Å²) in [5.74, 6) is -4.30. The van der Waals surface area contributed by atoms with Gasteiger partial charge in [-0.05, 0) is 0 Å². The third-order valence-electron chi connectivity index (χ3n) is 9.19. The maximum absolute atomic E-state index is 12.5. The highest BCUT2D eigenvalue weighted by molar-refractivity contribution is 7.84.